The highest BCUT2D eigenvalue weighted by Crippen LogP contribution is 2.33. The SMILES string of the molecule is CN=C(NCC1CCCOC1C(C)(C)C)NC1CCN(CC(F)(F)F)C1. The molecular formula is C18H33F3N4O. The molecule has 2 aliphatic heterocycles. The van der Waals surface area contributed by atoms with Gasteiger partial charge in [0, 0.05) is 45.2 Å². The Morgan fingerprint density at radius 2 is 1.96 bits per heavy atom. The van der Waals surface area contributed by atoms with Crippen LogP contribution < -0.4 is 10.6 Å². The van der Waals surface area contributed by atoms with Crippen molar-refractivity contribution >= 4 is 5.96 Å². The average molecular weight is 378 g/mol. The molecule has 2 saturated heterocycles. The van der Waals surface area contributed by atoms with Gasteiger partial charge in [-0.05, 0) is 24.7 Å². The first-order valence-electron chi connectivity index (χ1n) is 9.46. The molecule has 2 aliphatic rings. The van der Waals surface area contributed by atoms with Crippen LogP contribution in [0.2, 0.25) is 0 Å². The Kier molecular flexibility index (Phi) is 7.19. The molecule has 0 aliphatic carbocycles. The molecule has 0 saturated carbocycles. The lowest BCUT2D eigenvalue weighted by Gasteiger charge is -2.40. The van der Waals surface area contributed by atoms with Crippen molar-refractivity contribution in [2.45, 2.75) is 58.4 Å². The summed E-state index contributed by atoms with van der Waals surface area (Å²) < 4.78 is 43.5. The molecule has 0 radical (unpaired) electrons. The van der Waals surface area contributed by atoms with E-state index >= 15 is 0 Å². The van der Waals surface area contributed by atoms with Crippen LogP contribution in [0.5, 0.6) is 0 Å². The van der Waals surface area contributed by atoms with Gasteiger partial charge in [-0.2, -0.15) is 13.2 Å². The van der Waals surface area contributed by atoms with Gasteiger partial charge in [0.25, 0.3) is 0 Å². The lowest BCUT2D eigenvalue weighted by Crippen LogP contribution is -2.49. The Hall–Kier alpha value is -1.02. The number of hydrogen-bond donors (Lipinski definition) is 2. The first-order chi connectivity index (χ1) is 12.1. The second-order valence-corrected chi connectivity index (χ2v) is 8.49. The molecule has 8 heteroatoms. The molecule has 2 fully saturated rings. The number of likely N-dealkylation sites (tertiary alicyclic amines) is 1. The average Bonchev–Trinajstić information content (AvgIpc) is 2.95. The lowest BCUT2D eigenvalue weighted by atomic mass is 9.78. The predicted octanol–water partition coefficient (Wildman–Crippen LogP) is 2.63. The highest BCUT2D eigenvalue weighted by atomic mass is 19.4. The normalized spacial score (nSPS) is 29.0. The van der Waals surface area contributed by atoms with Crippen LogP contribution in [-0.2, 0) is 4.74 Å². The van der Waals surface area contributed by atoms with Gasteiger partial charge in [0.05, 0.1) is 12.6 Å². The number of halogens is 3. The van der Waals surface area contributed by atoms with E-state index in [1.54, 1.807) is 7.05 Å². The van der Waals surface area contributed by atoms with Crippen molar-refractivity contribution < 1.29 is 17.9 Å². The molecule has 0 aromatic rings. The van der Waals surface area contributed by atoms with Gasteiger partial charge in [-0.3, -0.25) is 9.89 Å². The largest absolute Gasteiger partial charge is 0.401 e. The zero-order valence-electron chi connectivity index (χ0n) is 16.3. The Balaban J connectivity index is 1.81. The van der Waals surface area contributed by atoms with Crippen molar-refractivity contribution in [3.05, 3.63) is 0 Å². The second kappa shape index (κ2) is 8.78. The zero-order valence-corrected chi connectivity index (χ0v) is 16.3. The molecule has 26 heavy (non-hydrogen) atoms. The summed E-state index contributed by atoms with van der Waals surface area (Å²) >= 11 is 0. The predicted molar refractivity (Wildman–Crippen MR) is 97.3 cm³/mol. The van der Waals surface area contributed by atoms with Crippen molar-refractivity contribution in [1.29, 1.82) is 0 Å². The number of ether oxygens (including phenoxy) is 1. The highest BCUT2D eigenvalue weighted by Gasteiger charge is 2.36. The monoisotopic (exact) mass is 378 g/mol. The maximum Gasteiger partial charge on any atom is 0.401 e. The molecule has 0 aromatic heterocycles. The van der Waals surface area contributed by atoms with E-state index in [2.05, 4.69) is 36.4 Å². The summed E-state index contributed by atoms with van der Waals surface area (Å²) in [6.07, 6.45) is -1.10. The van der Waals surface area contributed by atoms with Gasteiger partial charge in [-0.1, -0.05) is 20.8 Å². The van der Waals surface area contributed by atoms with Crippen molar-refractivity contribution in [3.8, 4) is 0 Å². The van der Waals surface area contributed by atoms with Gasteiger partial charge in [0.1, 0.15) is 0 Å². The number of nitrogens with zero attached hydrogens (tertiary/aromatic N) is 2. The Bertz CT molecular complexity index is 476. The minimum atomic E-state index is -4.14. The highest BCUT2D eigenvalue weighted by molar-refractivity contribution is 5.80. The molecule has 0 amide bonds. The number of guanidine groups is 1. The van der Waals surface area contributed by atoms with E-state index in [1.807, 2.05) is 0 Å². The van der Waals surface area contributed by atoms with Crippen LogP contribution in [-0.4, -0.2) is 69.0 Å². The number of rotatable bonds is 4. The van der Waals surface area contributed by atoms with Crippen molar-refractivity contribution in [3.63, 3.8) is 0 Å². The molecule has 152 valence electrons. The molecule has 2 heterocycles. The Morgan fingerprint density at radius 3 is 2.58 bits per heavy atom. The zero-order chi connectivity index (χ0) is 19.4. The molecular weight excluding hydrogens is 345 g/mol. The molecule has 3 unspecified atom stereocenters. The van der Waals surface area contributed by atoms with E-state index in [4.69, 9.17) is 4.74 Å². The summed E-state index contributed by atoms with van der Waals surface area (Å²) in [4.78, 5) is 5.68. The molecule has 5 nitrogen and oxygen atoms in total. The van der Waals surface area contributed by atoms with Gasteiger partial charge in [0.15, 0.2) is 5.96 Å². The van der Waals surface area contributed by atoms with Crippen LogP contribution in [0.3, 0.4) is 0 Å². The van der Waals surface area contributed by atoms with Crippen LogP contribution in [0.15, 0.2) is 4.99 Å². The van der Waals surface area contributed by atoms with Gasteiger partial charge < -0.3 is 15.4 Å². The fourth-order valence-corrected chi connectivity index (χ4v) is 3.97. The van der Waals surface area contributed by atoms with E-state index < -0.39 is 12.7 Å². The number of nitrogens with one attached hydrogen (secondary N) is 2. The van der Waals surface area contributed by atoms with Gasteiger partial charge in [0.2, 0.25) is 0 Å². The van der Waals surface area contributed by atoms with Gasteiger partial charge in [-0.15, -0.1) is 0 Å². The Morgan fingerprint density at radius 1 is 1.23 bits per heavy atom. The maximum absolute atomic E-state index is 12.5. The first kappa shape index (κ1) is 21.3. The number of hydrogen-bond acceptors (Lipinski definition) is 3. The molecule has 3 atom stereocenters. The van der Waals surface area contributed by atoms with Crippen LogP contribution >= 0.6 is 0 Å². The van der Waals surface area contributed by atoms with Crippen LogP contribution in [0, 0.1) is 11.3 Å². The number of aliphatic imine (C=N–C) groups is 1. The summed E-state index contributed by atoms with van der Waals surface area (Å²) in [6, 6.07) is -0.00966. The third-order valence-corrected chi connectivity index (χ3v) is 5.07. The summed E-state index contributed by atoms with van der Waals surface area (Å²) in [5.41, 5.74) is 0.0767. The Labute approximate surface area is 154 Å². The topological polar surface area (TPSA) is 48.9 Å². The second-order valence-electron chi connectivity index (χ2n) is 8.49. The molecule has 0 bridgehead atoms. The summed E-state index contributed by atoms with van der Waals surface area (Å²) in [7, 11) is 1.69. The summed E-state index contributed by atoms with van der Waals surface area (Å²) in [6.45, 7) is 8.13. The van der Waals surface area contributed by atoms with Crippen molar-refractivity contribution in [2.24, 2.45) is 16.3 Å². The maximum atomic E-state index is 12.5. The molecule has 2 rings (SSSR count). The van der Waals surface area contributed by atoms with Crippen molar-refractivity contribution in [1.82, 2.24) is 15.5 Å². The van der Waals surface area contributed by atoms with Crippen LogP contribution in [0.25, 0.3) is 0 Å². The van der Waals surface area contributed by atoms with Gasteiger partial charge >= 0.3 is 6.18 Å². The molecule has 0 aromatic carbocycles. The quantitative estimate of drug-likeness (QED) is 0.583. The number of alkyl halides is 3. The third kappa shape index (κ3) is 6.61. The summed E-state index contributed by atoms with van der Waals surface area (Å²) in [5, 5.41) is 6.61. The third-order valence-electron chi connectivity index (χ3n) is 5.07. The van der Waals surface area contributed by atoms with Gasteiger partial charge in [-0.25, -0.2) is 0 Å². The minimum absolute atomic E-state index is 0.00966. The fourth-order valence-electron chi connectivity index (χ4n) is 3.97. The van der Waals surface area contributed by atoms with E-state index in [0.717, 1.165) is 26.0 Å². The standard InChI is InChI=1S/C18H33F3N4O/c1-17(2,3)15-13(6-5-9-26-15)10-23-16(22-4)24-14-7-8-25(11-14)12-18(19,20)21/h13-15H,5-12H2,1-4H3,(H2,22,23,24). The molecule has 0 spiro atoms. The van der Waals surface area contributed by atoms with E-state index in [9.17, 15) is 13.2 Å². The van der Waals surface area contributed by atoms with E-state index in [1.165, 1.54) is 4.90 Å². The van der Waals surface area contributed by atoms with Crippen LogP contribution in [0.1, 0.15) is 40.0 Å². The minimum Gasteiger partial charge on any atom is -0.377 e. The lowest BCUT2D eigenvalue weighted by molar-refractivity contribution is -0.143. The fraction of sp³-hybridized carbons (Fsp3) is 0.944. The smallest absolute Gasteiger partial charge is 0.377 e. The van der Waals surface area contributed by atoms with Crippen LogP contribution in [0.4, 0.5) is 13.2 Å². The first-order valence-corrected chi connectivity index (χ1v) is 9.46. The molecule has 2 N–H and O–H groups in total. The summed E-state index contributed by atoms with van der Waals surface area (Å²) in [5.74, 6) is 1.05. The van der Waals surface area contributed by atoms with Crippen molar-refractivity contribution in [2.75, 3.05) is 39.8 Å². The van der Waals surface area contributed by atoms with E-state index in [0.29, 0.717) is 31.4 Å². The van der Waals surface area contributed by atoms with E-state index in [-0.39, 0.29) is 17.6 Å².